The highest BCUT2D eigenvalue weighted by atomic mass is 16.9. The van der Waals surface area contributed by atoms with Crippen LogP contribution in [0.1, 0.15) is 119 Å². The number of hydrogen-bond donors (Lipinski definition) is 0. The average molecular weight is 552 g/mol. The normalized spacial score (nSPS) is 18.8. The second kappa shape index (κ2) is 13.6. The number of fused-ring (bicyclic) bond motifs is 1. The number of benzene rings is 2. The van der Waals surface area contributed by atoms with Crippen molar-refractivity contribution in [1.82, 2.24) is 0 Å². The summed E-state index contributed by atoms with van der Waals surface area (Å²) < 4.78 is 25.2. The number of ether oxygens (including phenoxy) is 4. The van der Waals surface area contributed by atoms with Gasteiger partial charge in [0.05, 0.1) is 26.2 Å². The zero-order chi connectivity index (χ0) is 28.9. The first kappa shape index (κ1) is 30.7. The Morgan fingerprint density at radius 3 is 2.35 bits per heavy atom. The van der Waals surface area contributed by atoms with Gasteiger partial charge in [0.15, 0.2) is 11.5 Å². The zero-order valence-electron chi connectivity index (χ0n) is 26.5. The van der Waals surface area contributed by atoms with Gasteiger partial charge in [0.1, 0.15) is 0 Å². The minimum Gasteiger partial charge on any atom is -0.490 e. The molecule has 0 saturated carbocycles. The lowest BCUT2D eigenvalue weighted by molar-refractivity contribution is -0.330. The molecule has 5 nitrogen and oxygen atoms in total. The van der Waals surface area contributed by atoms with Crippen LogP contribution in [-0.4, -0.2) is 38.9 Å². The van der Waals surface area contributed by atoms with Gasteiger partial charge < -0.3 is 23.8 Å². The standard InChI is InChI=1S/C35H53NO4/c1-9-15-27-17-18-29(22-25(27)7)36-20-14-13-16-28(19-21-36)32-26(8)30-23-35(38-11-3,39-12-4)40-33(30)34(37-10-2)31(32)24(5)6/h17-18,22,24,28H,9-16,19-21,23H2,1-8H3. The molecular weight excluding hydrogens is 498 g/mol. The summed E-state index contributed by atoms with van der Waals surface area (Å²) in [6, 6.07) is 7.11. The minimum absolute atomic E-state index is 0.314. The van der Waals surface area contributed by atoms with E-state index in [9.17, 15) is 0 Å². The Bertz CT molecular complexity index is 1130. The predicted octanol–water partition coefficient (Wildman–Crippen LogP) is 8.60. The molecule has 0 amide bonds. The number of anilines is 1. The number of nitrogens with zero attached hydrogens (tertiary/aromatic N) is 1. The molecule has 0 aliphatic carbocycles. The van der Waals surface area contributed by atoms with E-state index in [0.29, 0.717) is 38.1 Å². The maximum atomic E-state index is 6.55. The van der Waals surface area contributed by atoms with E-state index >= 15 is 0 Å². The van der Waals surface area contributed by atoms with E-state index in [2.05, 4.69) is 64.6 Å². The van der Waals surface area contributed by atoms with Crippen molar-refractivity contribution >= 4 is 5.69 Å². The van der Waals surface area contributed by atoms with Crippen molar-refractivity contribution in [2.24, 2.45) is 0 Å². The molecule has 0 radical (unpaired) electrons. The maximum absolute atomic E-state index is 6.55. The fourth-order valence-corrected chi connectivity index (χ4v) is 6.91. The second-order valence-electron chi connectivity index (χ2n) is 11.8. The van der Waals surface area contributed by atoms with Gasteiger partial charge in [0, 0.05) is 29.9 Å². The van der Waals surface area contributed by atoms with Gasteiger partial charge in [-0.05, 0) is 107 Å². The van der Waals surface area contributed by atoms with E-state index in [-0.39, 0.29) is 0 Å². The largest absolute Gasteiger partial charge is 0.490 e. The first-order chi connectivity index (χ1) is 19.3. The van der Waals surface area contributed by atoms with Gasteiger partial charge >= 0.3 is 5.97 Å². The van der Waals surface area contributed by atoms with E-state index in [1.54, 1.807) is 0 Å². The Morgan fingerprint density at radius 1 is 0.975 bits per heavy atom. The Kier molecular flexibility index (Phi) is 10.5. The highest BCUT2D eigenvalue weighted by molar-refractivity contribution is 5.63. The number of hydrogen-bond acceptors (Lipinski definition) is 5. The minimum atomic E-state index is -1.07. The van der Waals surface area contributed by atoms with Crippen molar-refractivity contribution in [3.05, 3.63) is 51.6 Å². The van der Waals surface area contributed by atoms with E-state index < -0.39 is 5.97 Å². The first-order valence-corrected chi connectivity index (χ1v) is 15.9. The Morgan fingerprint density at radius 2 is 1.73 bits per heavy atom. The highest BCUT2D eigenvalue weighted by Crippen LogP contribution is 2.53. The van der Waals surface area contributed by atoms with Crippen molar-refractivity contribution < 1.29 is 18.9 Å². The molecule has 1 fully saturated rings. The second-order valence-corrected chi connectivity index (χ2v) is 11.8. The molecule has 0 spiro atoms. The molecule has 2 aliphatic heterocycles. The summed E-state index contributed by atoms with van der Waals surface area (Å²) in [5.41, 5.74) is 9.57. The summed E-state index contributed by atoms with van der Waals surface area (Å²) in [5, 5.41) is 0. The molecule has 2 aliphatic rings. The van der Waals surface area contributed by atoms with Crippen molar-refractivity contribution in [2.75, 3.05) is 37.8 Å². The predicted molar refractivity (Wildman–Crippen MR) is 165 cm³/mol. The molecular formula is C35H53NO4. The molecule has 4 rings (SSSR count). The fourth-order valence-electron chi connectivity index (χ4n) is 6.91. The summed E-state index contributed by atoms with van der Waals surface area (Å²) >= 11 is 0. The average Bonchev–Trinajstić information content (AvgIpc) is 3.27. The van der Waals surface area contributed by atoms with Crippen LogP contribution in [0, 0.1) is 13.8 Å². The van der Waals surface area contributed by atoms with E-state index in [0.717, 1.165) is 37.4 Å². The quantitative estimate of drug-likeness (QED) is 0.262. The first-order valence-electron chi connectivity index (χ1n) is 15.9. The van der Waals surface area contributed by atoms with Gasteiger partial charge in [0.2, 0.25) is 0 Å². The van der Waals surface area contributed by atoms with Gasteiger partial charge in [-0.15, -0.1) is 0 Å². The third-order valence-electron chi connectivity index (χ3n) is 8.71. The van der Waals surface area contributed by atoms with Crippen LogP contribution in [0.5, 0.6) is 11.5 Å². The molecule has 2 aromatic carbocycles. The molecule has 1 saturated heterocycles. The fraction of sp³-hybridized carbons (Fsp3) is 0.657. The molecule has 0 aromatic heterocycles. The molecule has 2 aromatic rings. The monoisotopic (exact) mass is 551 g/mol. The lowest BCUT2D eigenvalue weighted by Gasteiger charge is -2.33. The zero-order valence-corrected chi connectivity index (χ0v) is 26.5. The molecule has 40 heavy (non-hydrogen) atoms. The lowest BCUT2D eigenvalue weighted by Crippen LogP contribution is -2.41. The number of rotatable bonds is 11. The third-order valence-corrected chi connectivity index (χ3v) is 8.71. The van der Waals surface area contributed by atoms with Crippen molar-refractivity contribution in [3.8, 4) is 11.5 Å². The Hall–Kier alpha value is -2.24. The molecule has 5 heteroatoms. The van der Waals surface area contributed by atoms with Gasteiger partial charge in [-0.25, -0.2) is 0 Å². The SMILES string of the molecule is CCCc1ccc(N2CCCCC(c3c(C)c4c(c(OCC)c3C(C)C)OC(OCC)(OCC)C4)CC2)cc1C. The number of aryl methyl sites for hydroxylation is 2. The smallest absolute Gasteiger partial charge is 0.331 e. The van der Waals surface area contributed by atoms with Gasteiger partial charge in [-0.1, -0.05) is 39.7 Å². The summed E-state index contributed by atoms with van der Waals surface area (Å²) in [5.74, 6) is 1.43. The Balaban J connectivity index is 1.72. The van der Waals surface area contributed by atoms with Crippen LogP contribution < -0.4 is 14.4 Å². The lowest BCUT2D eigenvalue weighted by atomic mass is 9.78. The van der Waals surface area contributed by atoms with Crippen LogP contribution in [0.3, 0.4) is 0 Å². The van der Waals surface area contributed by atoms with Crippen LogP contribution in [0.4, 0.5) is 5.69 Å². The molecule has 0 N–H and O–H groups in total. The molecule has 1 unspecified atom stereocenters. The van der Waals surface area contributed by atoms with Crippen LogP contribution in [0.15, 0.2) is 18.2 Å². The van der Waals surface area contributed by atoms with Gasteiger partial charge in [-0.2, -0.15) is 0 Å². The summed E-state index contributed by atoms with van der Waals surface area (Å²) in [6.07, 6.45) is 7.71. The summed E-state index contributed by atoms with van der Waals surface area (Å²) in [6.45, 7) is 21.3. The van der Waals surface area contributed by atoms with Crippen LogP contribution >= 0.6 is 0 Å². The van der Waals surface area contributed by atoms with Crippen molar-refractivity contribution in [3.63, 3.8) is 0 Å². The van der Waals surface area contributed by atoms with E-state index in [4.69, 9.17) is 18.9 Å². The topological polar surface area (TPSA) is 40.2 Å². The van der Waals surface area contributed by atoms with E-state index in [1.165, 1.54) is 64.8 Å². The van der Waals surface area contributed by atoms with Crippen LogP contribution in [0.2, 0.25) is 0 Å². The highest BCUT2D eigenvalue weighted by Gasteiger charge is 2.46. The molecule has 222 valence electrons. The Labute approximate surface area is 243 Å². The van der Waals surface area contributed by atoms with Crippen LogP contribution in [-0.2, 0) is 22.3 Å². The molecule has 1 atom stereocenters. The summed E-state index contributed by atoms with van der Waals surface area (Å²) in [7, 11) is 0. The molecule has 0 bridgehead atoms. The molecule has 2 heterocycles. The van der Waals surface area contributed by atoms with Gasteiger partial charge in [-0.3, -0.25) is 0 Å². The van der Waals surface area contributed by atoms with Crippen molar-refractivity contribution in [1.29, 1.82) is 0 Å². The van der Waals surface area contributed by atoms with Crippen molar-refractivity contribution in [2.45, 2.75) is 118 Å². The van der Waals surface area contributed by atoms with E-state index in [1.807, 2.05) is 13.8 Å². The summed E-state index contributed by atoms with van der Waals surface area (Å²) in [4.78, 5) is 2.62. The maximum Gasteiger partial charge on any atom is 0.331 e. The third kappa shape index (κ3) is 6.31. The van der Waals surface area contributed by atoms with Crippen LogP contribution in [0.25, 0.3) is 0 Å². The van der Waals surface area contributed by atoms with Gasteiger partial charge in [0.25, 0.3) is 0 Å².